The van der Waals surface area contributed by atoms with Gasteiger partial charge in [0.2, 0.25) is 34.8 Å². The van der Waals surface area contributed by atoms with E-state index in [1.165, 1.54) is 19.3 Å². The minimum atomic E-state index is -2.29. The topological polar surface area (TPSA) is 26.3 Å². The Labute approximate surface area is 181 Å². The highest BCUT2D eigenvalue weighted by molar-refractivity contribution is 5.72. The molecule has 174 valence electrons. The summed E-state index contributed by atoms with van der Waals surface area (Å²) in [5, 5.41) is 0. The molecule has 0 saturated carbocycles. The van der Waals surface area contributed by atoms with Crippen molar-refractivity contribution < 1.29 is 31.5 Å². The van der Waals surface area contributed by atoms with E-state index in [1.807, 2.05) is 0 Å². The molecule has 2 nitrogen and oxygen atoms in total. The summed E-state index contributed by atoms with van der Waals surface area (Å²) >= 11 is 0. The highest BCUT2D eigenvalue weighted by atomic mass is 19.2. The van der Waals surface area contributed by atoms with Crippen LogP contribution in [0.3, 0.4) is 0 Å². The standard InChI is InChI=1S/C24H31F5O2/c1-2-3-4-5-6-7-8-9-10-11-12-13-14-15-16-17-18(30)31-24-22(28)20(26)19(25)21(27)23(24)29/h6-7,9-10H,2-5,8,11-17H2,1H3. The Morgan fingerprint density at radius 2 is 1.16 bits per heavy atom. The Morgan fingerprint density at radius 1 is 0.677 bits per heavy atom. The van der Waals surface area contributed by atoms with Crippen LogP contribution in [0.1, 0.15) is 84.0 Å². The van der Waals surface area contributed by atoms with Crippen molar-refractivity contribution in [1.82, 2.24) is 0 Å². The van der Waals surface area contributed by atoms with Crippen LogP contribution in [0.2, 0.25) is 0 Å². The van der Waals surface area contributed by atoms with E-state index in [2.05, 4.69) is 36.0 Å². The molecule has 0 amide bonds. The Balaban J connectivity index is 2.14. The molecule has 0 aliphatic carbocycles. The van der Waals surface area contributed by atoms with Crippen molar-refractivity contribution in [2.75, 3.05) is 0 Å². The number of hydrogen-bond acceptors (Lipinski definition) is 2. The third-order valence-electron chi connectivity index (χ3n) is 4.72. The number of allylic oxidation sites excluding steroid dienone is 4. The van der Waals surface area contributed by atoms with Crippen LogP contribution < -0.4 is 4.74 Å². The number of rotatable bonds is 15. The summed E-state index contributed by atoms with van der Waals surface area (Å²) in [7, 11) is 0. The molecule has 0 saturated heterocycles. The molecule has 0 aliphatic heterocycles. The Kier molecular flexibility index (Phi) is 13.5. The lowest BCUT2D eigenvalue weighted by Gasteiger charge is -2.08. The Bertz CT molecular complexity index is 715. The highest BCUT2D eigenvalue weighted by Crippen LogP contribution is 2.29. The van der Waals surface area contributed by atoms with Gasteiger partial charge in [0.05, 0.1) is 0 Å². The van der Waals surface area contributed by atoms with E-state index < -0.39 is 40.8 Å². The van der Waals surface area contributed by atoms with Gasteiger partial charge in [0.1, 0.15) is 0 Å². The first-order valence-corrected chi connectivity index (χ1v) is 10.9. The van der Waals surface area contributed by atoms with Crippen molar-refractivity contribution >= 4 is 5.97 Å². The zero-order valence-electron chi connectivity index (χ0n) is 18.0. The van der Waals surface area contributed by atoms with E-state index in [-0.39, 0.29) is 6.42 Å². The smallest absolute Gasteiger partial charge is 0.311 e. The van der Waals surface area contributed by atoms with E-state index in [0.717, 1.165) is 38.5 Å². The minimum absolute atomic E-state index is 0.163. The van der Waals surface area contributed by atoms with Crippen molar-refractivity contribution in [3.05, 3.63) is 53.4 Å². The summed E-state index contributed by atoms with van der Waals surface area (Å²) in [6, 6.07) is 0. The van der Waals surface area contributed by atoms with Crippen LogP contribution in [-0.4, -0.2) is 5.97 Å². The zero-order chi connectivity index (χ0) is 23.1. The lowest BCUT2D eigenvalue weighted by atomic mass is 10.1. The number of hydrogen-bond donors (Lipinski definition) is 0. The molecule has 1 aromatic rings. The predicted octanol–water partition coefficient (Wildman–Crippen LogP) is 8.10. The van der Waals surface area contributed by atoms with E-state index in [9.17, 15) is 26.7 Å². The van der Waals surface area contributed by atoms with Crippen molar-refractivity contribution in [3.8, 4) is 5.75 Å². The summed E-state index contributed by atoms with van der Waals surface area (Å²) in [5.41, 5.74) is 0. The molecule has 31 heavy (non-hydrogen) atoms. The molecule has 0 fully saturated rings. The van der Waals surface area contributed by atoms with Gasteiger partial charge in [-0.3, -0.25) is 4.79 Å². The fourth-order valence-electron chi connectivity index (χ4n) is 2.92. The average Bonchev–Trinajstić information content (AvgIpc) is 2.76. The van der Waals surface area contributed by atoms with Crippen LogP contribution in [0.5, 0.6) is 5.75 Å². The minimum Gasteiger partial charge on any atom is -0.420 e. The van der Waals surface area contributed by atoms with Crippen molar-refractivity contribution in [1.29, 1.82) is 0 Å². The first-order valence-electron chi connectivity index (χ1n) is 10.9. The second kappa shape index (κ2) is 15.6. The van der Waals surface area contributed by atoms with Gasteiger partial charge in [-0.05, 0) is 38.5 Å². The summed E-state index contributed by atoms with van der Waals surface area (Å²) in [6.45, 7) is 2.19. The number of carbonyl (C=O) groups excluding carboxylic acids is 1. The molecule has 0 unspecified atom stereocenters. The lowest BCUT2D eigenvalue weighted by Crippen LogP contribution is -2.13. The van der Waals surface area contributed by atoms with Crippen LogP contribution in [0.25, 0.3) is 0 Å². The summed E-state index contributed by atoms with van der Waals surface area (Å²) in [4.78, 5) is 11.6. The van der Waals surface area contributed by atoms with Gasteiger partial charge in [-0.15, -0.1) is 0 Å². The lowest BCUT2D eigenvalue weighted by molar-refractivity contribution is -0.135. The van der Waals surface area contributed by atoms with Crippen molar-refractivity contribution in [2.24, 2.45) is 0 Å². The van der Waals surface area contributed by atoms with Crippen molar-refractivity contribution in [3.63, 3.8) is 0 Å². The van der Waals surface area contributed by atoms with Crippen LogP contribution in [-0.2, 0) is 4.79 Å². The highest BCUT2D eigenvalue weighted by Gasteiger charge is 2.28. The van der Waals surface area contributed by atoms with Crippen LogP contribution >= 0.6 is 0 Å². The van der Waals surface area contributed by atoms with Crippen LogP contribution in [0, 0.1) is 29.1 Å². The summed E-state index contributed by atoms with van der Waals surface area (Å²) in [6.07, 6.45) is 19.3. The van der Waals surface area contributed by atoms with Crippen LogP contribution in [0.15, 0.2) is 24.3 Å². The Hall–Kier alpha value is -2.18. The molecule has 1 aromatic carbocycles. The second-order valence-corrected chi connectivity index (χ2v) is 7.35. The quantitative estimate of drug-likeness (QED) is 0.0517. The number of esters is 1. The normalized spacial score (nSPS) is 11.7. The van der Waals surface area contributed by atoms with Gasteiger partial charge in [-0.2, -0.15) is 8.78 Å². The largest absolute Gasteiger partial charge is 0.420 e. The molecule has 0 radical (unpaired) electrons. The molecule has 7 heteroatoms. The maximum Gasteiger partial charge on any atom is 0.311 e. The summed E-state index contributed by atoms with van der Waals surface area (Å²) in [5.74, 6) is -13.5. The second-order valence-electron chi connectivity index (χ2n) is 7.35. The molecule has 0 spiro atoms. The predicted molar refractivity (Wildman–Crippen MR) is 111 cm³/mol. The third kappa shape index (κ3) is 10.1. The molecule has 1 rings (SSSR count). The van der Waals surface area contributed by atoms with Gasteiger partial charge in [0, 0.05) is 6.42 Å². The Morgan fingerprint density at radius 3 is 1.74 bits per heavy atom. The molecule has 0 atom stereocenters. The molecule has 0 heterocycles. The van der Waals surface area contributed by atoms with Crippen LogP contribution in [0.4, 0.5) is 22.0 Å². The SMILES string of the molecule is CCCCCC=CCC=CCCCCCCCC(=O)Oc1c(F)c(F)c(F)c(F)c1F. The zero-order valence-corrected chi connectivity index (χ0v) is 18.0. The first-order chi connectivity index (χ1) is 14.9. The molecule has 0 aliphatic rings. The molecule has 0 aromatic heterocycles. The fraction of sp³-hybridized carbons (Fsp3) is 0.542. The maximum atomic E-state index is 13.5. The molecular weight excluding hydrogens is 415 g/mol. The van der Waals surface area contributed by atoms with Gasteiger partial charge in [-0.25, -0.2) is 13.2 Å². The van der Waals surface area contributed by atoms with Gasteiger partial charge in [0.25, 0.3) is 0 Å². The van der Waals surface area contributed by atoms with Gasteiger partial charge >= 0.3 is 5.97 Å². The molecular formula is C24H31F5O2. The first kappa shape index (κ1) is 26.9. The number of ether oxygens (including phenoxy) is 1. The van der Waals surface area contributed by atoms with E-state index >= 15 is 0 Å². The van der Waals surface area contributed by atoms with Gasteiger partial charge < -0.3 is 4.74 Å². The monoisotopic (exact) mass is 446 g/mol. The number of halogens is 5. The summed E-state index contributed by atoms with van der Waals surface area (Å²) < 4.78 is 70.5. The maximum absolute atomic E-state index is 13.5. The average molecular weight is 446 g/mol. The van der Waals surface area contributed by atoms with Crippen molar-refractivity contribution in [2.45, 2.75) is 84.0 Å². The molecule has 0 bridgehead atoms. The number of carbonyl (C=O) groups is 1. The molecule has 0 N–H and O–H groups in total. The van der Waals surface area contributed by atoms with E-state index in [0.29, 0.717) is 12.8 Å². The third-order valence-corrected chi connectivity index (χ3v) is 4.72. The van der Waals surface area contributed by atoms with E-state index in [4.69, 9.17) is 0 Å². The fourth-order valence-corrected chi connectivity index (χ4v) is 2.92. The number of unbranched alkanes of at least 4 members (excludes halogenated alkanes) is 8. The van der Waals surface area contributed by atoms with E-state index in [1.54, 1.807) is 0 Å². The van der Waals surface area contributed by atoms with Gasteiger partial charge in [0.15, 0.2) is 0 Å². The number of benzene rings is 1. The van der Waals surface area contributed by atoms with Gasteiger partial charge in [-0.1, -0.05) is 63.3 Å².